The number of benzene rings is 1. The van der Waals surface area contributed by atoms with E-state index in [-0.39, 0.29) is 18.3 Å². The lowest BCUT2D eigenvalue weighted by Gasteiger charge is -2.17. The Morgan fingerprint density at radius 1 is 1.36 bits per heavy atom. The summed E-state index contributed by atoms with van der Waals surface area (Å²) in [5, 5.41) is 6.77. The standard InChI is InChI=1S/C15H18N4O2.ClH/c1-10(20)17-12-6-4-5-11(9-12)13-18-14(19-21-13)15(16)7-2-3-8-15;/h4-6,9H,2-3,7-8,16H2,1H3,(H,17,20);1H. The van der Waals surface area contributed by atoms with Gasteiger partial charge in [-0.25, -0.2) is 0 Å². The van der Waals surface area contributed by atoms with Crippen LogP contribution in [0.2, 0.25) is 0 Å². The molecule has 3 N–H and O–H groups in total. The van der Waals surface area contributed by atoms with Crippen LogP contribution in [0.4, 0.5) is 5.69 Å². The number of aromatic nitrogens is 2. The van der Waals surface area contributed by atoms with Gasteiger partial charge >= 0.3 is 0 Å². The van der Waals surface area contributed by atoms with Gasteiger partial charge < -0.3 is 15.6 Å². The SMILES string of the molecule is CC(=O)Nc1cccc(-c2nc(C3(N)CCCC3)no2)c1.Cl. The maximum atomic E-state index is 11.1. The van der Waals surface area contributed by atoms with Crippen LogP contribution in [-0.4, -0.2) is 16.0 Å². The van der Waals surface area contributed by atoms with Crippen molar-refractivity contribution in [2.45, 2.75) is 38.1 Å². The van der Waals surface area contributed by atoms with Crippen molar-refractivity contribution in [2.24, 2.45) is 5.73 Å². The van der Waals surface area contributed by atoms with Crippen molar-refractivity contribution >= 4 is 24.0 Å². The predicted molar refractivity (Wildman–Crippen MR) is 85.6 cm³/mol. The summed E-state index contributed by atoms with van der Waals surface area (Å²) in [5.74, 6) is 0.874. The Hall–Kier alpha value is -1.92. The van der Waals surface area contributed by atoms with Crippen LogP contribution in [0.1, 0.15) is 38.4 Å². The number of rotatable bonds is 3. The molecule has 1 amide bonds. The zero-order valence-electron chi connectivity index (χ0n) is 12.3. The first-order valence-electron chi connectivity index (χ1n) is 7.08. The first kappa shape index (κ1) is 16.5. The lowest BCUT2D eigenvalue weighted by atomic mass is 9.99. The van der Waals surface area contributed by atoms with Crippen molar-refractivity contribution in [2.75, 3.05) is 5.32 Å². The molecule has 7 heteroatoms. The predicted octanol–water partition coefficient (Wildman–Crippen LogP) is 2.84. The number of nitrogens with zero attached hydrogens (tertiary/aromatic N) is 2. The molecule has 1 aliphatic carbocycles. The molecule has 0 unspecified atom stereocenters. The van der Waals surface area contributed by atoms with Crippen molar-refractivity contribution in [1.82, 2.24) is 10.1 Å². The van der Waals surface area contributed by atoms with E-state index in [1.807, 2.05) is 18.2 Å². The molecule has 1 aliphatic rings. The Bertz CT molecular complexity index is 665. The van der Waals surface area contributed by atoms with E-state index in [2.05, 4.69) is 15.5 Å². The van der Waals surface area contributed by atoms with Crippen molar-refractivity contribution in [3.05, 3.63) is 30.1 Å². The van der Waals surface area contributed by atoms with E-state index in [0.717, 1.165) is 31.2 Å². The molecule has 3 rings (SSSR count). The molecule has 0 aliphatic heterocycles. The molecule has 6 nitrogen and oxygen atoms in total. The first-order valence-corrected chi connectivity index (χ1v) is 7.08. The number of carbonyl (C=O) groups excluding carboxylic acids is 1. The van der Waals surface area contributed by atoms with E-state index >= 15 is 0 Å². The monoisotopic (exact) mass is 322 g/mol. The largest absolute Gasteiger partial charge is 0.334 e. The highest BCUT2D eigenvalue weighted by molar-refractivity contribution is 5.89. The van der Waals surface area contributed by atoms with Gasteiger partial charge in [-0.15, -0.1) is 12.4 Å². The molecule has 0 atom stereocenters. The summed E-state index contributed by atoms with van der Waals surface area (Å²) in [5.41, 5.74) is 7.33. The zero-order chi connectivity index (χ0) is 14.9. The second kappa shape index (κ2) is 6.46. The van der Waals surface area contributed by atoms with Gasteiger partial charge in [-0.05, 0) is 31.0 Å². The molecule has 1 heterocycles. The number of hydrogen-bond donors (Lipinski definition) is 2. The van der Waals surface area contributed by atoms with Crippen molar-refractivity contribution in [1.29, 1.82) is 0 Å². The fourth-order valence-electron chi connectivity index (χ4n) is 2.71. The van der Waals surface area contributed by atoms with E-state index in [0.29, 0.717) is 17.4 Å². The summed E-state index contributed by atoms with van der Waals surface area (Å²) in [7, 11) is 0. The van der Waals surface area contributed by atoms with Crippen LogP contribution >= 0.6 is 12.4 Å². The van der Waals surface area contributed by atoms with Gasteiger partial charge in [-0.3, -0.25) is 4.79 Å². The Labute approximate surface area is 134 Å². The molecule has 0 spiro atoms. The van der Waals surface area contributed by atoms with Crippen molar-refractivity contribution in [3.63, 3.8) is 0 Å². The Morgan fingerprint density at radius 3 is 2.77 bits per heavy atom. The van der Waals surface area contributed by atoms with Crippen LogP contribution < -0.4 is 11.1 Å². The maximum absolute atomic E-state index is 11.1. The molecule has 0 radical (unpaired) electrons. The Kier molecular flexibility index (Phi) is 4.83. The van der Waals surface area contributed by atoms with Gasteiger partial charge in [0.05, 0.1) is 5.54 Å². The van der Waals surface area contributed by atoms with Gasteiger partial charge in [-0.2, -0.15) is 4.98 Å². The number of nitrogens with two attached hydrogens (primary N) is 1. The van der Waals surface area contributed by atoms with E-state index in [9.17, 15) is 4.79 Å². The van der Waals surface area contributed by atoms with E-state index in [4.69, 9.17) is 10.3 Å². The minimum absolute atomic E-state index is 0. The normalized spacial score (nSPS) is 16.1. The van der Waals surface area contributed by atoms with Crippen molar-refractivity contribution < 1.29 is 9.32 Å². The van der Waals surface area contributed by atoms with Gasteiger partial charge in [0.1, 0.15) is 0 Å². The summed E-state index contributed by atoms with van der Waals surface area (Å²) in [4.78, 5) is 15.5. The molecule has 1 fully saturated rings. The lowest BCUT2D eigenvalue weighted by molar-refractivity contribution is -0.114. The average Bonchev–Trinajstić information content (AvgIpc) is 3.08. The summed E-state index contributed by atoms with van der Waals surface area (Å²) in [6, 6.07) is 7.30. The van der Waals surface area contributed by atoms with Crippen LogP contribution in [0.3, 0.4) is 0 Å². The van der Waals surface area contributed by atoms with E-state index in [1.165, 1.54) is 6.92 Å². The number of nitrogens with one attached hydrogen (secondary N) is 1. The Balaban J connectivity index is 0.00000176. The zero-order valence-corrected chi connectivity index (χ0v) is 13.2. The van der Waals surface area contributed by atoms with Gasteiger partial charge in [0, 0.05) is 18.2 Å². The van der Waals surface area contributed by atoms with Gasteiger partial charge in [0.25, 0.3) is 5.89 Å². The highest BCUT2D eigenvalue weighted by Gasteiger charge is 2.36. The van der Waals surface area contributed by atoms with Crippen molar-refractivity contribution in [3.8, 4) is 11.5 Å². The van der Waals surface area contributed by atoms with E-state index in [1.54, 1.807) is 6.07 Å². The fraction of sp³-hybridized carbons (Fsp3) is 0.400. The third-order valence-electron chi connectivity index (χ3n) is 3.80. The fourth-order valence-corrected chi connectivity index (χ4v) is 2.71. The second-order valence-electron chi connectivity index (χ2n) is 5.55. The number of hydrogen-bond acceptors (Lipinski definition) is 5. The molecule has 118 valence electrons. The number of halogens is 1. The Morgan fingerprint density at radius 2 is 2.09 bits per heavy atom. The molecule has 1 aromatic heterocycles. The molecular weight excluding hydrogens is 304 g/mol. The highest BCUT2D eigenvalue weighted by atomic mass is 35.5. The van der Waals surface area contributed by atoms with Crippen LogP contribution in [0.5, 0.6) is 0 Å². The third-order valence-corrected chi connectivity index (χ3v) is 3.80. The summed E-state index contributed by atoms with van der Waals surface area (Å²) in [6.45, 7) is 1.47. The van der Waals surface area contributed by atoms with Gasteiger partial charge in [-0.1, -0.05) is 24.1 Å². The number of anilines is 1. The second-order valence-corrected chi connectivity index (χ2v) is 5.55. The van der Waals surface area contributed by atoms with Gasteiger partial charge in [0.2, 0.25) is 5.91 Å². The minimum atomic E-state index is -0.461. The summed E-state index contributed by atoms with van der Waals surface area (Å²) < 4.78 is 5.33. The summed E-state index contributed by atoms with van der Waals surface area (Å²) in [6.07, 6.45) is 3.96. The molecular formula is C15H19ClN4O2. The van der Waals surface area contributed by atoms with Crippen LogP contribution in [0.15, 0.2) is 28.8 Å². The molecule has 1 aromatic carbocycles. The van der Waals surface area contributed by atoms with Crippen LogP contribution in [-0.2, 0) is 10.3 Å². The van der Waals surface area contributed by atoms with Crippen LogP contribution in [0, 0.1) is 0 Å². The quantitative estimate of drug-likeness (QED) is 0.906. The average molecular weight is 323 g/mol. The van der Waals surface area contributed by atoms with E-state index < -0.39 is 5.54 Å². The molecule has 1 saturated carbocycles. The number of amides is 1. The first-order chi connectivity index (χ1) is 10.1. The lowest BCUT2D eigenvalue weighted by Crippen LogP contribution is -2.34. The highest BCUT2D eigenvalue weighted by Crippen LogP contribution is 2.35. The third kappa shape index (κ3) is 3.28. The van der Waals surface area contributed by atoms with Gasteiger partial charge in [0.15, 0.2) is 5.82 Å². The minimum Gasteiger partial charge on any atom is -0.334 e. The smallest absolute Gasteiger partial charge is 0.258 e. The molecule has 22 heavy (non-hydrogen) atoms. The molecule has 0 saturated heterocycles. The number of carbonyl (C=O) groups is 1. The maximum Gasteiger partial charge on any atom is 0.258 e. The van der Waals surface area contributed by atoms with Crippen LogP contribution in [0.25, 0.3) is 11.5 Å². The topological polar surface area (TPSA) is 94.0 Å². The summed E-state index contributed by atoms with van der Waals surface area (Å²) >= 11 is 0. The molecule has 0 bridgehead atoms. The molecule has 2 aromatic rings.